The standard InChI is InChI=1S/C16H16FN5/c1-9(2)20-15-10(3)6-11(7-13(15)17)12-4-5-22-14(12)8-19-16(18)21-22/h4-8H,1-3H3,(H2,18,21). The van der Waals surface area contributed by atoms with E-state index in [9.17, 15) is 4.39 Å². The zero-order valence-electron chi connectivity index (χ0n) is 12.6. The highest BCUT2D eigenvalue weighted by Gasteiger charge is 2.12. The maximum atomic E-state index is 14.4. The van der Waals surface area contributed by atoms with Crippen LogP contribution in [0.15, 0.2) is 35.6 Å². The van der Waals surface area contributed by atoms with Crippen LogP contribution in [0.25, 0.3) is 16.6 Å². The van der Waals surface area contributed by atoms with Crippen molar-refractivity contribution in [1.29, 1.82) is 0 Å². The van der Waals surface area contributed by atoms with Crippen molar-refractivity contribution in [3.05, 3.63) is 42.0 Å². The van der Waals surface area contributed by atoms with Gasteiger partial charge in [-0.15, -0.1) is 5.10 Å². The molecule has 2 N–H and O–H groups in total. The molecule has 0 aliphatic heterocycles. The zero-order valence-corrected chi connectivity index (χ0v) is 12.6. The Morgan fingerprint density at radius 3 is 2.77 bits per heavy atom. The summed E-state index contributed by atoms with van der Waals surface area (Å²) in [7, 11) is 0. The van der Waals surface area contributed by atoms with Crippen molar-refractivity contribution in [2.75, 3.05) is 5.73 Å². The summed E-state index contributed by atoms with van der Waals surface area (Å²) in [6.07, 6.45) is 3.41. The molecule has 0 saturated carbocycles. The van der Waals surface area contributed by atoms with Crippen LogP contribution >= 0.6 is 0 Å². The molecular weight excluding hydrogens is 281 g/mol. The van der Waals surface area contributed by atoms with Gasteiger partial charge in [0.15, 0.2) is 0 Å². The van der Waals surface area contributed by atoms with Crippen LogP contribution in [-0.4, -0.2) is 20.3 Å². The number of halogens is 1. The number of hydrogen-bond donors (Lipinski definition) is 1. The molecule has 5 nitrogen and oxygen atoms in total. The third-order valence-corrected chi connectivity index (χ3v) is 3.33. The Kier molecular flexibility index (Phi) is 3.36. The third-order valence-electron chi connectivity index (χ3n) is 3.33. The lowest BCUT2D eigenvalue weighted by molar-refractivity contribution is 0.629. The summed E-state index contributed by atoms with van der Waals surface area (Å²) >= 11 is 0. The van der Waals surface area contributed by atoms with E-state index in [1.807, 2.05) is 32.9 Å². The minimum Gasteiger partial charge on any atom is -0.367 e. The monoisotopic (exact) mass is 297 g/mol. The molecule has 0 fully saturated rings. The van der Waals surface area contributed by atoms with Gasteiger partial charge in [0.05, 0.1) is 11.7 Å². The van der Waals surface area contributed by atoms with Gasteiger partial charge in [-0.3, -0.25) is 4.99 Å². The molecule has 0 aliphatic carbocycles. The van der Waals surface area contributed by atoms with E-state index in [0.717, 1.165) is 27.9 Å². The first-order valence-corrected chi connectivity index (χ1v) is 6.88. The number of anilines is 1. The Morgan fingerprint density at radius 1 is 1.32 bits per heavy atom. The van der Waals surface area contributed by atoms with Crippen molar-refractivity contribution < 1.29 is 4.39 Å². The van der Waals surface area contributed by atoms with Gasteiger partial charge in [0.2, 0.25) is 5.95 Å². The summed E-state index contributed by atoms with van der Waals surface area (Å²) in [6, 6.07) is 5.27. The molecule has 0 unspecified atom stereocenters. The van der Waals surface area contributed by atoms with Gasteiger partial charge in [0, 0.05) is 17.5 Å². The van der Waals surface area contributed by atoms with E-state index < -0.39 is 0 Å². The van der Waals surface area contributed by atoms with Crippen LogP contribution in [0.4, 0.5) is 16.0 Å². The average molecular weight is 297 g/mol. The van der Waals surface area contributed by atoms with E-state index in [2.05, 4.69) is 15.1 Å². The Labute approximate surface area is 127 Å². The predicted octanol–water partition coefficient (Wildman–Crippen LogP) is 3.54. The van der Waals surface area contributed by atoms with Crippen LogP contribution in [0.1, 0.15) is 19.4 Å². The first kappa shape index (κ1) is 14.2. The molecule has 0 spiro atoms. The molecule has 22 heavy (non-hydrogen) atoms. The van der Waals surface area contributed by atoms with Crippen LogP contribution in [-0.2, 0) is 0 Å². The average Bonchev–Trinajstić information content (AvgIpc) is 2.85. The molecule has 0 bridgehead atoms. The summed E-state index contributed by atoms with van der Waals surface area (Å²) in [5, 5.41) is 4.09. The van der Waals surface area contributed by atoms with Crippen LogP contribution in [0.2, 0.25) is 0 Å². The predicted molar refractivity (Wildman–Crippen MR) is 86.0 cm³/mol. The molecule has 2 aromatic heterocycles. The molecule has 1 aromatic carbocycles. The normalized spacial score (nSPS) is 10.9. The molecular formula is C16H16FN5. The molecule has 0 saturated heterocycles. The van der Waals surface area contributed by atoms with E-state index in [0.29, 0.717) is 5.69 Å². The number of nitrogens with two attached hydrogens (primary N) is 1. The van der Waals surface area contributed by atoms with Crippen molar-refractivity contribution in [2.45, 2.75) is 20.8 Å². The third kappa shape index (κ3) is 2.43. The van der Waals surface area contributed by atoms with Crippen LogP contribution in [0.3, 0.4) is 0 Å². The molecule has 3 rings (SSSR count). The molecule has 3 aromatic rings. The SMILES string of the molecule is CC(C)=Nc1c(C)cc(-c2ccn3nc(N)ncc23)cc1F. The minimum absolute atomic E-state index is 0.195. The summed E-state index contributed by atoms with van der Waals surface area (Å²) in [5.41, 5.74) is 9.94. The topological polar surface area (TPSA) is 68.6 Å². The van der Waals surface area contributed by atoms with Crippen molar-refractivity contribution in [2.24, 2.45) is 4.99 Å². The molecule has 0 radical (unpaired) electrons. The van der Waals surface area contributed by atoms with Crippen molar-refractivity contribution in [3.8, 4) is 11.1 Å². The van der Waals surface area contributed by atoms with Crippen molar-refractivity contribution >= 4 is 22.9 Å². The van der Waals surface area contributed by atoms with Gasteiger partial charge < -0.3 is 5.73 Å². The van der Waals surface area contributed by atoms with Crippen LogP contribution < -0.4 is 5.73 Å². The molecule has 0 atom stereocenters. The molecule has 112 valence electrons. The number of hydrogen-bond acceptors (Lipinski definition) is 4. The van der Waals surface area contributed by atoms with Gasteiger partial charge in [-0.05, 0) is 50.1 Å². The molecule has 6 heteroatoms. The number of aliphatic imine (C=N–C) groups is 1. The fourth-order valence-electron chi connectivity index (χ4n) is 2.41. The number of fused-ring (bicyclic) bond motifs is 1. The second-order valence-corrected chi connectivity index (χ2v) is 5.36. The lowest BCUT2D eigenvalue weighted by Crippen LogP contribution is -1.99. The highest BCUT2D eigenvalue weighted by atomic mass is 19.1. The van der Waals surface area contributed by atoms with E-state index >= 15 is 0 Å². The number of nitrogens with zero attached hydrogens (tertiary/aromatic N) is 4. The van der Waals surface area contributed by atoms with Crippen LogP contribution in [0, 0.1) is 12.7 Å². The summed E-state index contributed by atoms with van der Waals surface area (Å²) in [4.78, 5) is 8.25. The molecule has 0 aliphatic rings. The van der Waals surface area contributed by atoms with E-state index in [-0.39, 0.29) is 11.8 Å². The van der Waals surface area contributed by atoms with Crippen molar-refractivity contribution in [1.82, 2.24) is 14.6 Å². The highest BCUT2D eigenvalue weighted by molar-refractivity contribution is 5.85. The summed E-state index contributed by atoms with van der Waals surface area (Å²) < 4.78 is 16.0. The fourth-order valence-corrected chi connectivity index (χ4v) is 2.41. The lowest BCUT2D eigenvalue weighted by Gasteiger charge is -2.07. The Morgan fingerprint density at radius 2 is 2.09 bits per heavy atom. The molecule has 0 amide bonds. The fraction of sp³-hybridized carbons (Fsp3) is 0.188. The number of aryl methyl sites for hydroxylation is 1. The lowest BCUT2D eigenvalue weighted by atomic mass is 10.0. The Hall–Kier alpha value is -2.76. The number of rotatable bonds is 2. The number of nitrogen functional groups attached to an aromatic ring is 1. The second kappa shape index (κ2) is 5.22. The van der Waals surface area contributed by atoms with Gasteiger partial charge in [-0.25, -0.2) is 13.9 Å². The summed E-state index contributed by atoms with van der Waals surface area (Å²) in [5.74, 6) is -0.146. The van der Waals surface area contributed by atoms with Gasteiger partial charge in [-0.2, -0.15) is 0 Å². The smallest absolute Gasteiger partial charge is 0.238 e. The zero-order chi connectivity index (χ0) is 15.9. The van der Waals surface area contributed by atoms with E-state index in [1.54, 1.807) is 16.9 Å². The van der Waals surface area contributed by atoms with Crippen LogP contribution in [0.5, 0.6) is 0 Å². The minimum atomic E-state index is -0.341. The largest absolute Gasteiger partial charge is 0.367 e. The number of benzene rings is 1. The van der Waals surface area contributed by atoms with E-state index in [1.165, 1.54) is 6.07 Å². The van der Waals surface area contributed by atoms with Gasteiger partial charge in [0.1, 0.15) is 11.5 Å². The summed E-state index contributed by atoms with van der Waals surface area (Å²) in [6.45, 7) is 5.53. The second-order valence-electron chi connectivity index (χ2n) is 5.36. The van der Waals surface area contributed by atoms with E-state index in [4.69, 9.17) is 5.73 Å². The number of aromatic nitrogens is 3. The maximum Gasteiger partial charge on any atom is 0.238 e. The first-order valence-electron chi connectivity index (χ1n) is 6.88. The van der Waals surface area contributed by atoms with Crippen molar-refractivity contribution in [3.63, 3.8) is 0 Å². The Balaban J connectivity index is 2.17. The maximum absolute atomic E-state index is 14.4. The van der Waals surface area contributed by atoms with Gasteiger partial charge in [-0.1, -0.05) is 0 Å². The highest BCUT2D eigenvalue weighted by Crippen LogP contribution is 2.32. The molecule has 2 heterocycles. The quantitative estimate of drug-likeness (QED) is 0.736. The van der Waals surface area contributed by atoms with Gasteiger partial charge in [0.25, 0.3) is 0 Å². The van der Waals surface area contributed by atoms with Gasteiger partial charge >= 0.3 is 0 Å². The Bertz CT molecular complexity index is 868. The first-order chi connectivity index (χ1) is 10.5.